The van der Waals surface area contributed by atoms with Crippen LogP contribution in [0.5, 0.6) is 17.2 Å². The van der Waals surface area contributed by atoms with Gasteiger partial charge >= 0.3 is 0 Å². The molecule has 35 heavy (non-hydrogen) atoms. The summed E-state index contributed by atoms with van der Waals surface area (Å²) in [5.74, 6) is -1.26. The molecule has 0 saturated carbocycles. The second-order valence-electron chi connectivity index (χ2n) is 8.09. The summed E-state index contributed by atoms with van der Waals surface area (Å²) >= 11 is 0. The molecule has 0 bridgehead atoms. The van der Waals surface area contributed by atoms with Crippen molar-refractivity contribution in [3.05, 3.63) is 88.6 Å². The first-order valence-electron chi connectivity index (χ1n) is 10.5. The minimum absolute atomic E-state index is 0.0758. The summed E-state index contributed by atoms with van der Waals surface area (Å²) in [6.07, 6.45) is 0. The molecular weight excluding hydrogens is 470 g/mol. The highest BCUT2D eigenvalue weighted by atomic mass is 32.2. The normalized spacial score (nSPS) is 11.7. The molecule has 176 valence electrons. The van der Waals surface area contributed by atoms with Gasteiger partial charge in [0.05, 0.1) is 10.6 Å². The van der Waals surface area contributed by atoms with Crippen LogP contribution in [0.15, 0.2) is 86.9 Å². The number of phenols is 3. The van der Waals surface area contributed by atoms with Crippen molar-refractivity contribution in [3.8, 4) is 39.7 Å². The fraction of sp³-hybridized carbons (Fsp3) is 0.0385. The molecule has 4 N–H and O–H groups in total. The quantitative estimate of drug-likeness (QED) is 0.210. The smallest absolute Gasteiger partial charge is 0.261 e. The highest BCUT2D eigenvalue weighted by molar-refractivity contribution is 7.92. The fourth-order valence-electron chi connectivity index (χ4n) is 3.93. The van der Waals surface area contributed by atoms with E-state index in [1.807, 2.05) is 6.92 Å². The first kappa shape index (κ1) is 22.3. The van der Waals surface area contributed by atoms with E-state index < -0.39 is 32.7 Å². The Labute approximate surface area is 199 Å². The SMILES string of the molecule is Cc1ccc(S(=O)(=O)Nc2ccccc2-c2c3cc(O)c(=O)cc-3oc3cc(O)c(O)cc23)cc1. The number of fused-ring (bicyclic) bond motifs is 2. The number of nitrogens with one attached hydrogen (secondary N) is 1. The van der Waals surface area contributed by atoms with E-state index >= 15 is 0 Å². The van der Waals surface area contributed by atoms with E-state index in [9.17, 15) is 28.5 Å². The van der Waals surface area contributed by atoms with Crippen LogP contribution in [0.25, 0.3) is 33.4 Å². The van der Waals surface area contributed by atoms with E-state index in [-0.39, 0.29) is 21.9 Å². The van der Waals surface area contributed by atoms with Gasteiger partial charge in [-0.05, 0) is 37.3 Å². The third-order valence-corrected chi connectivity index (χ3v) is 7.05. The Morgan fingerprint density at radius 3 is 2.23 bits per heavy atom. The van der Waals surface area contributed by atoms with Crippen LogP contribution >= 0.6 is 0 Å². The van der Waals surface area contributed by atoms with Gasteiger partial charge < -0.3 is 19.7 Å². The van der Waals surface area contributed by atoms with Gasteiger partial charge in [0.1, 0.15) is 11.3 Å². The molecule has 0 aromatic heterocycles. The molecule has 0 unspecified atom stereocenters. The Morgan fingerprint density at radius 2 is 1.49 bits per heavy atom. The van der Waals surface area contributed by atoms with Crippen LogP contribution in [0.1, 0.15) is 5.56 Å². The summed E-state index contributed by atoms with van der Waals surface area (Å²) in [4.78, 5) is 12.2. The standard InChI is InChI=1S/C26H19NO7S/c1-14-6-8-15(9-7-14)35(32,33)27-19-5-3-2-4-16(19)26-17-10-20(28)22(30)12-24(17)34-25-13-23(31)21(29)11-18(25)26/h2-13,27-30H,1H3. The molecule has 8 nitrogen and oxygen atoms in total. The number of hydrogen-bond donors (Lipinski definition) is 4. The number of rotatable bonds is 4. The van der Waals surface area contributed by atoms with Crippen LogP contribution in [-0.4, -0.2) is 23.7 Å². The van der Waals surface area contributed by atoms with Gasteiger partial charge in [0.25, 0.3) is 10.0 Å². The second kappa shape index (κ2) is 8.07. The van der Waals surface area contributed by atoms with Gasteiger partial charge in [-0.1, -0.05) is 35.9 Å². The van der Waals surface area contributed by atoms with E-state index in [4.69, 9.17) is 4.42 Å². The van der Waals surface area contributed by atoms with Crippen molar-refractivity contribution in [1.82, 2.24) is 0 Å². The topological polar surface area (TPSA) is 137 Å². The van der Waals surface area contributed by atoms with Gasteiger partial charge in [0.15, 0.2) is 17.2 Å². The number of aromatic hydroxyl groups is 3. The lowest BCUT2D eigenvalue weighted by atomic mass is 9.92. The maximum atomic E-state index is 13.1. The van der Waals surface area contributed by atoms with Gasteiger partial charge in [-0.25, -0.2) is 8.42 Å². The number of phenolic OH excluding ortho intramolecular Hbond substituents is 3. The van der Waals surface area contributed by atoms with E-state index in [1.54, 1.807) is 36.4 Å². The molecule has 3 aromatic rings. The van der Waals surface area contributed by atoms with Crippen molar-refractivity contribution in [2.45, 2.75) is 11.8 Å². The fourth-order valence-corrected chi connectivity index (χ4v) is 5.01. The van der Waals surface area contributed by atoms with Gasteiger partial charge in [-0.15, -0.1) is 0 Å². The van der Waals surface area contributed by atoms with Crippen LogP contribution < -0.4 is 10.2 Å². The number of benzene rings is 4. The number of anilines is 1. The van der Waals surface area contributed by atoms with Crippen molar-refractivity contribution >= 4 is 26.7 Å². The largest absolute Gasteiger partial charge is 0.504 e. The zero-order valence-corrected chi connectivity index (χ0v) is 19.1. The Kier molecular flexibility index (Phi) is 5.14. The molecule has 2 aliphatic rings. The third kappa shape index (κ3) is 3.91. The van der Waals surface area contributed by atoms with Crippen molar-refractivity contribution in [2.75, 3.05) is 4.72 Å². The molecule has 0 radical (unpaired) electrons. The van der Waals surface area contributed by atoms with Crippen LogP contribution in [0.4, 0.5) is 5.69 Å². The maximum Gasteiger partial charge on any atom is 0.261 e. The molecule has 0 amide bonds. The van der Waals surface area contributed by atoms with Gasteiger partial charge in [-0.2, -0.15) is 0 Å². The third-order valence-electron chi connectivity index (χ3n) is 5.67. The Hall–Kier alpha value is -4.50. The zero-order chi connectivity index (χ0) is 24.9. The molecule has 0 fully saturated rings. The van der Waals surface area contributed by atoms with Crippen LogP contribution in [0.2, 0.25) is 0 Å². The number of para-hydroxylation sites is 1. The van der Waals surface area contributed by atoms with Crippen LogP contribution in [0, 0.1) is 6.92 Å². The van der Waals surface area contributed by atoms with Crippen molar-refractivity contribution in [2.24, 2.45) is 0 Å². The van der Waals surface area contributed by atoms with Crippen LogP contribution in [0.3, 0.4) is 0 Å². The summed E-state index contributed by atoms with van der Waals surface area (Å²) < 4.78 is 34.7. The minimum atomic E-state index is -3.96. The number of hydrogen-bond acceptors (Lipinski definition) is 7. The summed E-state index contributed by atoms with van der Waals surface area (Å²) in [6.45, 7) is 1.85. The molecule has 0 atom stereocenters. The molecule has 1 aliphatic heterocycles. The molecule has 0 saturated heterocycles. The minimum Gasteiger partial charge on any atom is -0.504 e. The number of sulfonamides is 1. The maximum absolute atomic E-state index is 13.1. The van der Waals surface area contributed by atoms with E-state index in [2.05, 4.69) is 4.72 Å². The molecule has 9 heteroatoms. The summed E-state index contributed by atoms with van der Waals surface area (Å²) in [5, 5.41) is 30.6. The molecule has 1 aliphatic carbocycles. The molecule has 3 aromatic carbocycles. The van der Waals surface area contributed by atoms with Crippen molar-refractivity contribution in [3.63, 3.8) is 0 Å². The Balaban J connectivity index is 1.80. The molecule has 1 heterocycles. The zero-order valence-electron chi connectivity index (χ0n) is 18.3. The average Bonchev–Trinajstić information content (AvgIpc) is 2.81. The summed E-state index contributed by atoms with van der Waals surface area (Å²) in [6, 6.07) is 17.8. The predicted octanol–water partition coefficient (Wildman–Crippen LogP) is 4.79. The monoisotopic (exact) mass is 489 g/mol. The molecule has 0 spiro atoms. The van der Waals surface area contributed by atoms with Gasteiger partial charge in [0.2, 0.25) is 5.43 Å². The van der Waals surface area contributed by atoms with Crippen molar-refractivity contribution in [1.29, 1.82) is 0 Å². The lowest BCUT2D eigenvalue weighted by Crippen LogP contribution is -2.13. The molecular formula is C26H19NO7S. The first-order chi connectivity index (χ1) is 16.6. The van der Waals surface area contributed by atoms with Crippen molar-refractivity contribution < 1.29 is 28.2 Å². The molecule has 5 rings (SSSR count). The Morgan fingerprint density at radius 1 is 0.800 bits per heavy atom. The Bertz CT molecular complexity index is 1740. The average molecular weight is 490 g/mol. The lowest BCUT2D eigenvalue weighted by molar-refractivity contribution is 0.404. The predicted molar refractivity (Wildman–Crippen MR) is 132 cm³/mol. The van der Waals surface area contributed by atoms with Crippen LogP contribution in [-0.2, 0) is 10.0 Å². The van der Waals surface area contributed by atoms with Gasteiger partial charge in [-0.3, -0.25) is 9.52 Å². The summed E-state index contributed by atoms with van der Waals surface area (Å²) in [5.41, 5.74) is 1.70. The lowest BCUT2D eigenvalue weighted by Gasteiger charge is -2.19. The highest BCUT2D eigenvalue weighted by Gasteiger charge is 2.24. The summed E-state index contributed by atoms with van der Waals surface area (Å²) in [7, 11) is -3.96. The second-order valence-corrected chi connectivity index (χ2v) is 9.78. The van der Waals surface area contributed by atoms with E-state index in [0.717, 1.165) is 11.6 Å². The van der Waals surface area contributed by atoms with E-state index in [0.29, 0.717) is 22.1 Å². The highest BCUT2D eigenvalue weighted by Crippen LogP contribution is 2.46. The first-order valence-corrected chi connectivity index (χ1v) is 12.0. The number of aryl methyl sites for hydroxylation is 1. The van der Waals surface area contributed by atoms with Gasteiger partial charge in [0, 0.05) is 34.2 Å². The van der Waals surface area contributed by atoms with E-state index in [1.165, 1.54) is 30.3 Å².